The SMILES string of the molecule is Cc1cccc2sc(NC(=O)[C@@H]3CCCN(C(=O)c4ccoc4)C3)nc12. The van der Waals surface area contributed by atoms with Crippen LogP contribution in [0.3, 0.4) is 0 Å². The predicted molar refractivity (Wildman–Crippen MR) is 100 cm³/mol. The maximum Gasteiger partial charge on any atom is 0.257 e. The molecule has 2 aromatic heterocycles. The minimum atomic E-state index is -0.229. The average molecular weight is 369 g/mol. The fraction of sp³-hybridized carbons (Fsp3) is 0.316. The van der Waals surface area contributed by atoms with Crippen molar-refractivity contribution < 1.29 is 14.0 Å². The van der Waals surface area contributed by atoms with Crippen molar-refractivity contribution in [3.63, 3.8) is 0 Å². The minimum absolute atomic E-state index is 0.0774. The van der Waals surface area contributed by atoms with Gasteiger partial charge in [0.15, 0.2) is 5.13 Å². The Morgan fingerprint density at radius 2 is 2.23 bits per heavy atom. The van der Waals surface area contributed by atoms with E-state index in [9.17, 15) is 9.59 Å². The maximum absolute atomic E-state index is 12.7. The molecule has 2 amide bonds. The molecule has 0 spiro atoms. The van der Waals surface area contributed by atoms with Gasteiger partial charge >= 0.3 is 0 Å². The van der Waals surface area contributed by atoms with Crippen LogP contribution in [0.4, 0.5) is 5.13 Å². The van der Waals surface area contributed by atoms with E-state index in [1.807, 2.05) is 25.1 Å². The first kappa shape index (κ1) is 16.8. The van der Waals surface area contributed by atoms with Crippen LogP contribution in [0.1, 0.15) is 28.8 Å². The summed E-state index contributed by atoms with van der Waals surface area (Å²) in [6, 6.07) is 7.65. The molecule has 134 valence electrons. The van der Waals surface area contributed by atoms with E-state index in [2.05, 4.69) is 10.3 Å². The highest BCUT2D eigenvalue weighted by atomic mass is 32.1. The molecule has 26 heavy (non-hydrogen) atoms. The summed E-state index contributed by atoms with van der Waals surface area (Å²) in [6.07, 6.45) is 4.50. The van der Waals surface area contributed by atoms with Gasteiger partial charge < -0.3 is 14.6 Å². The summed E-state index contributed by atoms with van der Waals surface area (Å²) in [5.74, 6) is -0.397. The third-order valence-electron chi connectivity index (χ3n) is 4.70. The summed E-state index contributed by atoms with van der Waals surface area (Å²) >= 11 is 1.47. The van der Waals surface area contributed by atoms with E-state index in [1.54, 1.807) is 11.0 Å². The van der Waals surface area contributed by atoms with Gasteiger partial charge in [0.05, 0.1) is 28.0 Å². The van der Waals surface area contributed by atoms with Gasteiger partial charge in [-0.25, -0.2) is 4.98 Å². The van der Waals surface area contributed by atoms with Gasteiger partial charge in [0.2, 0.25) is 5.91 Å². The Labute approximate surface area is 154 Å². The third kappa shape index (κ3) is 3.22. The number of piperidine rings is 1. The van der Waals surface area contributed by atoms with Gasteiger partial charge in [-0.1, -0.05) is 23.5 Å². The first-order valence-electron chi connectivity index (χ1n) is 8.60. The molecule has 0 unspecified atom stereocenters. The Hall–Kier alpha value is -2.67. The Balaban J connectivity index is 1.45. The van der Waals surface area contributed by atoms with E-state index in [0.29, 0.717) is 23.8 Å². The first-order valence-corrected chi connectivity index (χ1v) is 9.42. The smallest absolute Gasteiger partial charge is 0.257 e. The standard InChI is InChI=1S/C19H19N3O3S/c1-12-4-2-6-15-16(12)20-19(26-15)21-17(23)13-5-3-8-22(10-13)18(24)14-7-9-25-11-14/h2,4,6-7,9,11,13H,3,5,8,10H2,1H3,(H,20,21,23)/t13-/m1/s1. The van der Waals surface area contributed by atoms with Gasteiger partial charge in [0.1, 0.15) is 6.26 Å². The number of likely N-dealkylation sites (tertiary alicyclic amines) is 1. The zero-order valence-corrected chi connectivity index (χ0v) is 15.2. The molecule has 1 aliphatic heterocycles. The normalized spacial score (nSPS) is 17.4. The lowest BCUT2D eigenvalue weighted by atomic mass is 9.97. The number of carbonyl (C=O) groups excluding carboxylic acids is 2. The molecule has 6 nitrogen and oxygen atoms in total. The van der Waals surface area contributed by atoms with Crippen molar-refractivity contribution in [1.29, 1.82) is 0 Å². The van der Waals surface area contributed by atoms with Crippen LogP contribution in [0.2, 0.25) is 0 Å². The van der Waals surface area contributed by atoms with Crippen molar-refractivity contribution in [2.45, 2.75) is 19.8 Å². The van der Waals surface area contributed by atoms with Crippen molar-refractivity contribution in [1.82, 2.24) is 9.88 Å². The molecule has 3 heterocycles. The molecule has 0 bridgehead atoms. The Kier molecular flexibility index (Phi) is 4.46. The maximum atomic E-state index is 12.7. The number of para-hydroxylation sites is 1. The van der Waals surface area contributed by atoms with Gasteiger partial charge in [0, 0.05) is 13.1 Å². The molecule has 7 heteroatoms. The molecule has 1 saturated heterocycles. The highest BCUT2D eigenvalue weighted by Gasteiger charge is 2.29. The number of fused-ring (bicyclic) bond motifs is 1. The highest BCUT2D eigenvalue weighted by molar-refractivity contribution is 7.22. The number of nitrogens with one attached hydrogen (secondary N) is 1. The number of anilines is 1. The average Bonchev–Trinajstić information content (AvgIpc) is 3.31. The van der Waals surface area contributed by atoms with E-state index < -0.39 is 0 Å². The summed E-state index contributed by atoms with van der Waals surface area (Å²) in [5.41, 5.74) is 2.54. The molecular formula is C19H19N3O3S. The zero-order chi connectivity index (χ0) is 18.1. The Bertz CT molecular complexity index is 948. The number of rotatable bonds is 3. The Morgan fingerprint density at radius 1 is 1.35 bits per heavy atom. The largest absolute Gasteiger partial charge is 0.472 e. The second-order valence-electron chi connectivity index (χ2n) is 6.53. The van der Waals surface area contributed by atoms with Gasteiger partial charge in [-0.15, -0.1) is 0 Å². The predicted octanol–water partition coefficient (Wildman–Crippen LogP) is 3.69. The molecule has 1 fully saturated rings. The monoisotopic (exact) mass is 369 g/mol. The van der Waals surface area contributed by atoms with Crippen LogP contribution in [0, 0.1) is 12.8 Å². The quantitative estimate of drug-likeness (QED) is 0.764. The Morgan fingerprint density at radius 3 is 3.00 bits per heavy atom. The fourth-order valence-corrected chi connectivity index (χ4v) is 4.24. The van der Waals surface area contributed by atoms with Gasteiger partial charge in [-0.05, 0) is 37.5 Å². The van der Waals surface area contributed by atoms with Crippen LogP contribution < -0.4 is 5.32 Å². The van der Waals surface area contributed by atoms with E-state index >= 15 is 0 Å². The number of furan rings is 1. The highest BCUT2D eigenvalue weighted by Crippen LogP contribution is 2.29. The van der Waals surface area contributed by atoms with Crippen molar-refractivity contribution in [3.05, 3.63) is 47.9 Å². The lowest BCUT2D eigenvalue weighted by Crippen LogP contribution is -2.43. The summed E-state index contributed by atoms with van der Waals surface area (Å²) in [7, 11) is 0. The van der Waals surface area contributed by atoms with Gasteiger partial charge in [-0.3, -0.25) is 9.59 Å². The van der Waals surface area contributed by atoms with Crippen LogP contribution in [0.15, 0.2) is 41.2 Å². The van der Waals surface area contributed by atoms with Crippen LogP contribution in [0.5, 0.6) is 0 Å². The van der Waals surface area contributed by atoms with Crippen molar-refractivity contribution in [3.8, 4) is 0 Å². The van der Waals surface area contributed by atoms with Crippen molar-refractivity contribution >= 4 is 38.5 Å². The minimum Gasteiger partial charge on any atom is -0.472 e. The van der Waals surface area contributed by atoms with E-state index in [4.69, 9.17) is 4.42 Å². The molecule has 0 aliphatic carbocycles. The van der Waals surface area contributed by atoms with Crippen molar-refractivity contribution in [2.75, 3.05) is 18.4 Å². The number of carbonyl (C=O) groups is 2. The van der Waals surface area contributed by atoms with E-state index in [1.165, 1.54) is 23.9 Å². The van der Waals surface area contributed by atoms with Crippen molar-refractivity contribution in [2.24, 2.45) is 5.92 Å². The second-order valence-corrected chi connectivity index (χ2v) is 7.56. The number of amides is 2. The van der Waals surface area contributed by atoms with Gasteiger partial charge in [-0.2, -0.15) is 0 Å². The lowest BCUT2D eigenvalue weighted by molar-refractivity contribution is -0.121. The van der Waals surface area contributed by atoms with E-state index in [-0.39, 0.29) is 17.7 Å². The number of aryl methyl sites for hydroxylation is 1. The molecule has 4 rings (SSSR count). The van der Waals surface area contributed by atoms with Crippen LogP contribution in [0.25, 0.3) is 10.2 Å². The number of hydrogen-bond donors (Lipinski definition) is 1. The second kappa shape index (κ2) is 6.92. The number of thiazole rings is 1. The molecule has 1 N–H and O–H groups in total. The summed E-state index contributed by atoms with van der Waals surface area (Å²) < 4.78 is 6.04. The van der Waals surface area contributed by atoms with E-state index in [0.717, 1.165) is 28.6 Å². The molecular weight excluding hydrogens is 350 g/mol. The van der Waals surface area contributed by atoms with Gasteiger partial charge in [0.25, 0.3) is 5.91 Å². The lowest BCUT2D eigenvalue weighted by Gasteiger charge is -2.31. The molecule has 0 radical (unpaired) electrons. The number of nitrogens with zero attached hydrogens (tertiary/aromatic N) is 2. The molecule has 3 aromatic rings. The topological polar surface area (TPSA) is 75.4 Å². The summed E-state index contributed by atoms with van der Waals surface area (Å²) in [4.78, 5) is 31.4. The zero-order valence-electron chi connectivity index (χ0n) is 14.4. The number of aromatic nitrogens is 1. The molecule has 1 atom stereocenters. The first-order chi connectivity index (χ1) is 12.6. The molecule has 1 aliphatic rings. The number of benzene rings is 1. The van der Waals surface area contributed by atoms with Crippen LogP contribution in [-0.2, 0) is 4.79 Å². The van der Waals surface area contributed by atoms with Crippen LogP contribution in [-0.4, -0.2) is 34.8 Å². The molecule has 0 saturated carbocycles. The molecule has 1 aromatic carbocycles. The fourth-order valence-electron chi connectivity index (χ4n) is 3.29. The number of hydrogen-bond acceptors (Lipinski definition) is 5. The third-order valence-corrected chi connectivity index (χ3v) is 5.63. The van der Waals surface area contributed by atoms with Crippen LogP contribution >= 0.6 is 11.3 Å². The summed E-state index contributed by atoms with van der Waals surface area (Å²) in [5, 5.41) is 3.54. The summed E-state index contributed by atoms with van der Waals surface area (Å²) in [6.45, 7) is 3.09.